The van der Waals surface area contributed by atoms with Crippen LogP contribution >= 0.6 is 0 Å². The third kappa shape index (κ3) is 3.22. The number of esters is 1. The number of ether oxygens (including phenoxy) is 2. The highest BCUT2D eigenvalue weighted by Gasteiger charge is 2.42. The zero-order chi connectivity index (χ0) is 14.9. The maximum absolute atomic E-state index is 12.4. The number of rotatable bonds is 3. The van der Waals surface area contributed by atoms with Gasteiger partial charge < -0.3 is 9.47 Å². The first-order valence-electron chi connectivity index (χ1n) is 7.42. The standard InChI is InChI=1S/C16H24O4/c1-5-6-11-7-14(19-10(2)17)20-13-9-16(3,4)8-12(18)15(11)13/h11,14H,5-9H2,1-4H3/t11-,14-/m0/s1. The molecule has 1 aliphatic heterocycles. The van der Waals surface area contributed by atoms with E-state index in [1.165, 1.54) is 6.92 Å². The smallest absolute Gasteiger partial charge is 0.305 e. The highest BCUT2D eigenvalue weighted by atomic mass is 16.7. The minimum Gasteiger partial charge on any atom is -0.459 e. The Kier molecular flexibility index (Phi) is 4.21. The molecular weight excluding hydrogens is 256 g/mol. The number of hydrogen-bond acceptors (Lipinski definition) is 4. The molecule has 0 saturated carbocycles. The molecule has 0 N–H and O–H groups in total. The van der Waals surface area contributed by atoms with Crippen LogP contribution in [0.1, 0.15) is 59.8 Å². The van der Waals surface area contributed by atoms with Crippen LogP contribution in [-0.2, 0) is 19.1 Å². The fraction of sp³-hybridized carbons (Fsp3) is 0.750. The third-order valence-corrected chi connectivity index (χ3v) is 3.97. The van der Waals surface area contributed by atoms with E-state index in [0.717, 1.165) is 30.6 Å². The molecule has 0 fully saturated rings. The molecule has 4 heteroatoms. The Morgan fingerprint density at radius 2 is 2.10 bits per heavy atom. The summed E-state index contributed by atoms with van der Waals surface area (Å²) in [6.45, 7) is 7.64. The highest BCUT2D eigenvalue weighted by molar-refractivity contribution is 5.97. The van der Waals surface area contributed by atoms with Gasteiger partial charge in [-0.2, -0.15) is 0 Å². The van der Waals surface area contributed by atoms with Crippen LogP contribution in [0.15, 0.2) is 11.3 Å². The van der Waals surface area contributed by atoms with E-state index >= 15 is 0 Å². The average Bonchev–Trinajstić information content (AvgIpc) is 2.25. The molecule has 0 aromatic carbocycles. The van der Waals surface area contributed by atoms with Gasteiger partial charge in [0.1, 0.15) is 5.76 Å². The molecule has 2 atom stereocenters. The van der Waals surface area contributed by atoms with Crippen LogP contribution in [0.2, 0.25) is 0 Å². The van der Waals surface area contributed by atoms with Crippen molar-refractivity contribution in [3.8, 4) is 0 Å². The van der Waals surface area contributed by atoms with Crippen molar-refractivity contribution in [3.05, 3.63) is 11.3 Å². The van der Waals surface area contributed by atoms with Gasteiger partial charge in [-0.1, -0.05) is 27.2 Å². The zero-order valence-electron chi connectivity index (χ0n) is 12.8. The summed E-state index contributed by atoms with van der Waals surface area (Å²) in [7, 11) is 0. The second-order valence-corrected chi connectivity index (χ2v) is 6.66. The van der Waals surface area contributed by atoms with Crippen molar-refractivity contribution in [2.45, 2.75) is 66.1 Å². The van der Waals surface area contributed by atoms with Crippen molar-refractivity contribution in [1.29, 1.82) is 0 Å². The quantitative estimate of drug-likeness (QED) is 0.744. The molecule has 1 aliphatic carbocycles. The van der Waals surface area contributed by atoms with Crippen molar-refractivity contribution in [1.82, 2.24) is 0 Å². The predicted molar refractivity (Wildman–Crippen MR) is 74.7 cm³/mol. The van der Waals surface area contributed by atoms with Crippen molar-refractivity contribution in [2.24, 2.45) is 11.3 Å². The molecule has 0 amide bonds. The first-order valence-corrected chi connectivity index (χ1v) is 7.42. The van der Waals surface area contributed by atoms with E-state index in [4.69, 9.17) is 9.47 Å². The van der Waals surface area contributed by atoms with Crippen LogP contribution in [0.5, 0.6) is 0 Å². The van der Waals surface area contributed by atoms with Gasteiger partial charge in [0, 0.05) is 31.8 Å². The van der Waals surface area contributed by atoms with E-state index in [-0.39, 0.29) is 23.1 Å². The van der Waals surface area contributed by atoms with Gasteiger partial charge >= 0.3 is 5.97 Å². The van der Waals surface area contributed by atoms with Crippen molar-refractivity contribution >= 4 is 11.8 Å². The van der Waals surface area contributed by atoms with Crippen molar-refractivity contribution < 1.29 is 19.1 Å². The van der Waals surface area contributed by atoms with Crippen LogP contribution < -0.4 is 0 Å². The normalized spacial score (nSPS) is 28.7. The van der Waals surface area contributed by atoms with E-state index in [2.05, 4.69) is 20.8 Å². The van der Waals surface area contributed by atoms with E-state index in [1.54, 1.807) is 0 Å². The summed E-state index contributed by atoms with van der Waals surface area (Å²) in [5, 5.41) is 0. The van der Waals surface area contributed by atoms with Crippen LogP contribution in [0.4, 0.5) is 0 Å². The summed E-state index contributed by atoms with van der Waals surface area (Å²) in [4.78, 5) is 23.6. The van der Waals surface area contributed by atoms with E-state index in [9.17, 15) is 9.59 Å². The molecule has 1 heterocycles. The van der Waals surface area contributed by atoms with Crippen LogP contribution in [-0.4, -0.2) is 18.0 Å². The molecule has 2 rings (SSSR count). The lowest BCUT2D eigenvalue weighted by Gasteiger charge is -2.39. The van der Waals surface area contributed by atoms with Gasteiger partial charge in [0.05, 0.1) is 0 Å². The average molecular weight is 280 g/mol. The van der Waals surface area contributed by atoms with Crippen LogP contribution in [0, 0.1) is 11.3 Å². The Hall–Kier alpha value is -1.32. The summed E-state index contributed by atoms with van der Waals surface area (Å²) >= 11 is 0. The lowest BCUT2D eigenvalue weighted by atomic mass is 9.71. The van der Waals surface area contributed by atoms with Crippen LogP contribution in [0.25, 0.3) is 0 Å². The van der Waals surface area contributed by atoms with E-state index < -0.39 is 6.29 Å². The Labute approximate surface area is 120 Å². The van der Waals surface area contributed by atoms with Gasteiger partial charge in [-0.15, -0.1) is 0 Å². The molecule has 0 spiro atoms. The molecule has 2 aliphatic rings. The summed E-state index contributed by atoms with van der Waals surface area (Å²) in [6.07, 6.45) is 3.32. The molecule has 0 radical (unpaired) electrons. The Balaban J connectivity index is 2.28. The van der Waals surface area contributed by atoms with Crippen LogP contribution in [0.3, 0.4) is 0 Å². The fourth-order valence-electron chi connectivity index (χ4n) is 3.26. The van der Waals surface area contributed by atoms with Gasteiger partial charge in [0.2, 0.25) is 6.29 Å². The molecule has 20 heavy (non-hydrogen) atoms. The molecule has 0 bridgehead atoms. The van der Waals surface area contributed by atoms with Gasteiger partial charge in [0.15, 0.2) is 5.78 Å². The topological polar surface area (TPSA) is 52.6 Å². The number of carbonyl (C=O) groups excluding carboxylic acids is 2. The number of allylic oxidation sites excluding steroid dienone is 2. The number of ketones is 1. The van der Waals surface area contributed by atoms with E-state index in [1.807, 2.05) is 0 Å². The van der Waals surface area contributed by atoms with Crippen molar-refractivity contribution in [3.63, 3.8) is 0 Å². The number of carbonyl (C=O) groups is 2. The maximum atomic E-state index is 12.4. The van der Waals surface area contributed by atoms with Gasteiger partial charge in [0.25, 0.3) is 0 Å². The third-order valence-electron chi connectivity index (χ3n) is 3.97. The zero-order valence-corrected chi connectivity index (χ0v) is 12.8. The summed E-state index contributed by atoms with van der Waals surface area (Å²) < 4.78 is 11.0. The monoisotopic (exact) mass is 280 g/mol. The molecular formula is C16H24O4. The largest absolute Gasteiger partial charge is 0.459 e. The van der Waals surface area contributed by atoms with Gasteiger partial charge in [-0.25, -0.2) is 0 Å². The minimum absolute atomic E-state index is 0.0786. The number of Topliss-reactive ketones (excluding diaryl/α,β-unsaturated/α-hetero) is 1. The second kappa shape index (κ2) is 5.58. The highest BCUT2D eigenvalue weighted by Crippen LogP contribution is 2.45. The SMILES string of the molecule is CCC[C@H]1C[C@@H](OC(C)=O)OC2=C1C(=O)CC(C)(C)C2. The molecule has 0 saturated heterocycles. The van der Waals surface area contributed by atoms with Crippen molar-refractivity contribution in [2.75, 3.05) is 0 Å². The first kappa shape index (κ1) is 15.1. The maximum Gasteiger partial charge on any atom is 0.305 e. The predicted octanol–water partition coefficient (Wildman–Crippen LogP) is 3.36. The summed E-state index contributed by atoms with van der Waals surface area (Å²) in [6, 6.07) is 0. The Morgan fingerprint density at radius 3 is 2.70 bits per heavy atom. The first-order chi connectivity index (χ1) is 9.32. The lowest BCUT2D eigenvalue weighted by Crippen LogP contribution is -2.37. The Bertz CT molecular complexity index is 447. The molecule has 0 aromatic rings. The number of hydrogen-bond donors (Lipinski definition) is 0. The summed E-state index contributed by atoms with van der Waals surface area (Å²) in [5.74, 6) is 0.783. The molecule has 4 nitrogen and oxygen atoms in total. The van der Waals surface area contributed by atoms with E-state index in [0.29, 0.717) is 12.8 Å². The molecule has 0 unspecified atom stereocenters. The molecule has 112 valence electrons. The Morgan fingerprint density at radius 1 is 1.40 bits per heavy atom. The molecule has 0 aromatic heterocycles. The van der Waals surface area contributed by atoms with Gasteiger partial charge in [-0.3, -0.25) is 9.59 Å². The van der Waals surface area contributed by atoms with Gasteiger partial charge in [-0.05, 0) is 17.8 Å². The fourth-order valence-corrected chi connectivity index (χ4v) is 3.26. The lowest BCUT2D eigenvalue weighted by molar-refractivity contribution is -0.176. The second-order valence-electron chi connectivity index (χ2n) is 6.66. The minimum atomic E-state index is -0.538. The summed E-state index contributed by atoms with van der Waals surface area (Å²) in [5.41, 5.74) is 0.778.